The Kier molecular flexibility index (Phi) is 2.72. The summed E-state index contributed by atoms with van der Waals surface area (Å²) in [6, 6.07) is 0. The van der Waals surface area contributed by atoms with Crippen molar-refractivity contribution in [2.24, 2.45) is 0 Å². The van der Waals surface area contributed by atoms with Crippen LogP contribution in [0.5, 0.6) is 0 Å². The SMILES string of the molecule is CCOC(=O)NC1=CC=CC1. The summed E-state index contributed by atoms with van der Waals surface area (Å²) < 4.78 is 4.69. The molecule has 60 valence electrons. The summed E-state index contributed by atoms with van der Waals surface area (Å²) in [7, 11) is 0. The zero-order chi connectivity index (χ0) is 8.10. The molecule has 1 amide bonds. The zero-order valence-corrected chi connectivity index (χ0v) is 6.46. The van der Waals surface area contributed by atoms with E-state index in [2.05, 4.69) is 10.1 Å². The fourth-order valence-electron chi connectivity index (χ4n) is 0.838. The highest BCUT2D eigenvalue weighted by molar-refractivity contribution is 5.69. The van der Waals surface area contributed by atoms with Crippen molar-refractivity contribution in [3.8, 4) is 0 Å². The van der Waals surface area contributed by atoms with Gasteiger partial charge in [-0.2, -0.15) is 0 Å². The molecule has 11 heavy (non-hydrogen) atoms. The molecular weight excluding hydrogens is 142 g/mol. The van der Waals surface area contributed by atoms with Gasteiger partial charge in [-0.3, -0.25) is 5.32 Å². The fraction of sp³-hybridized carbons (Fsp3) is 0.375. The third-order valence-corrected chi connectivity index (χ3v) is 1.31. The average molecular weight is 153 g/mol. The lowest BCUT2D eigenvalue weighted by Gasteiger charge is -2.04. The van der Waals surface area contributed by atoms with Gasteiger partial charge < -0.3 is 4.74 Å². The van der Waals surface area contributed by atoms with Crippen LogP contribution in [0.25, 0.3) is 0 Å². The summed E-state index contributed by atoms with van der Waals surface area (Å²) in [5.74, 6) is 0. The van der Waals surface area contributed by atoms with Gasteiger partial charge in [-0.1, -0.05) is 12.2 Å². The van der Waals surface area contributed by atoms with Gasteiger partial charge in [0.2, 0.25) is 0 Å². The van der Waals surface area contributed by atoms with Crippen LogP contribution in [0.1, 0.15) is 13.3 Å². The van der Waals surface area contributed by atoms with Crippen LogP contribution in [0.4, 0.5) is 4.79 Å². The largest absolute Gasteiger partial charge is 0.450 e. The van der Waals surface area contributed by atoms with E-state index in [9.17, 15) is 4.79 Å². The molecule has 0 spiro atoms. The summed E-state index contributed by atoms with van der Waals surface area (Å²) in [5.41, 5.74) is 0.892. The second-order valence-electron chi connectivity index (χ2n) is 2.17. The minimum atomic E-state index is -0.373. The topological polar surface area (TPSA) is 38.3 Å². The maximum atomic E-state index is 10.8. The van der Waals surface area contributed by atoms with E-state index in [0.29, 0.717) is 6.61 Å². The molecule has 1 aliphatic carbocycles. The van der Waals surface area contributed by atoms with Gasteiger partial charge in [-0.05, 0) is 13.0 Å². The molecule has 0 aromatic rings. The first kappa shape index (κ1) is 7.85. The number of nitrogens with one attached hydrogen (secondary N) is 1. The van der Waals surface area contributed by atoms with E-state index in [-0.39, 0.29) is 6.09 Å². The van der Waals surface area contributed by atoms with Crippen LogP contribution in [0, 0.1) is 0 Å². The molecule has 0 heterocycles. The molecule has 0 unspecified atom stereocenters. The number of ether oxygens (including phenoxy) is 1. The first-order chi connectivity index (χ1) is 5.33. The third kappa shape index (κ3) is 2.45. The van der Waals surface area contributed by atoms with Crippen LogP contribution < -0.4 is 5.32 Å². The molecular formula is C8H11NO2. The fourth-order valence-corrected chi connectivity index (χ4v) is 0.838. The van der Waals surface area contributed by atoms with Gasteiger partial charge in [0.05, 0.1) is 6.61 Å². The summed E-state index contributed by atoms with van der Waals surface area (Å²) in [6.45, 7) is 2.19. The van der Waals surface area contributed by atoms with Gasteiger partial charge in [-0.25, -0.2) is 4.79 Å². The number of alkyl carbamates (subject to hydrolysis) is 1. The van der Waals surface area contributed by atoms with E-state index in [1.807, 2.05) is 18.2 Å². The molecule has 0 atom stereocenters. The highest BCUT2D eigenvalue weighted by atomic mass is 16.5. The predicted octanol–water partition coefficient (Wildman–Crippen LogP) is 1.58. The van der Waals surface area contributed by atoms with Gasteiger partial charge in [-0.15, -0.1) is 0 Å². The summed E-state index contributed by atoms with van der Waals surface area (Å²) in [5, 5.41) is 2.62. The number of carbonyl (C=O) groups is 1. The Labute approximate surface area is 65.7 Å². The number of hydrogen-bond donors (Lipinski definition) is 1. The molecule has 3 nitrogen and oxygen atoms in total. The number of carbonyl (C=O) groups excluding carboxylic acids is 1. The van der Waals surface area contributed by atoms with Crippen molar-refractivity contribution in [1.82, 2.24) is 5.32 Å². The zero-order valence-electron chi connectivity index (χ0n) is 6.46. The maximum absolute atomic E-state index is 10.8. The molecule has 3 heteroatoms. The van der Waals surface area contributed by atoms with Gasteiger partial charge in [0.15, 0.2) is 0 Å². The molecule has 0 aromatic heterocycles. The number of amides is 1. The Morgan fingerprint density at radius 1 is 1.82 bits per heavy atom. The van der Waals surface area contributed by atoms with Crippen molar-refractivity contribution in [1.29, 1.82) is 0 Å². The molecule has 1 rings (SSSR count). The maximum Gasteiger partial charge on any atom is 0.411 e. The van der Waals surface area contributed by atoms with Crippen LogP contribution in [0.15, 0.2) is 23.9 Å². The van der Waals surface area contributed by atoms with Gasteiger partial charge >= 0.3 is 6.09 Å². The summed E-state index contributed by atoms with van der Waals surface area (Å²) >= 11 is 0. The van der Waals surface area contributed by atoms with Crippen LogP contribution in [0.2, 0.25) is 0 Å². The molecule has 1 aliphatic rings. The molecule has 0 radical (unpaired) electrons. The van der Waals surface area contributed by atoms with Crippen molar-refractivity contribution in [2.45, 2.75) is 13.3 Å². The molecule has 0 aliphatic heterocycles. The summed E-state index contributed by atoms with van der Waals surface area (Å²) in [6.07, 6.45) is 6.15. The lowest BCUT2D eigenvalue weighted by atomic mass is 10.4. The van der Waals surface area contributed by atoms with E-state index >= 15 is 0 Å². The van der Waals surface area contributed by atoms with Gasteiger partial charge in [0, 0.05) is 12.1 Å². The minimum Gasteiger partial charge on any atom is -0.450 e. The summed E-state index contributed by atoms with van der Waals surface area (Å²) in [4.78, 5) is 10.8. The first-order valence-corrected chi connectivity index (χ1v) is 3.62. The Bertz CT molecular complexity index is 206. The molecule has 0 aromatic carbocycles. The van der Waals surface area contributed by atoms with Gasteiger partial charge in [0.1, 0.15) is 0 Å². The standard InChI is InChI=1S/C8H11NO2/c1-2-11-8(10)9-7-5-3-4-6-7/h3-5H,2,6H2,1H3,(H,9,10). The van der Waals surface area contributed by atoms with Crippen molar-refractivity contribution < 1.29 is 9.53 Å². The van der Waals surface area contributed by atoms with E-state index < -0.39 is 0 Å². The average Bonchev–Trinajstić information content (AvgIpc) is 2.40. The quantitative estimate of drug-likeness (QED) is 0.654. The molecule has 0 saturated heterocycles. The number of rotatable bonds is 2. The monoisotopic (exact) mass is 153 g/mol. The first-order valence-electron chi connectivity index (χ1n) is 3.62. The van der Waals surface area contributed by atoms with Crippen molar-refractivity contribution in [3.63, 3.8) is 0 Å². The van der Waals surface area contributed by atoms with E-state index in [0.717, 1.165) is 12.1 Å². The van der Waals surface area contributed by atoms with Crippen molar-refractivity contribution in [3.05, 3.63) is 23.9 Å². The highest BCUT2D eigenvalue weighted by Crippen LogP contribution is 2.06. The molecule has 0 saturated carbocycles. The number of hydrogen-bond acceptors (Lipinski definition) is 2. The van der Waals surface area contributed by atoms with Crippen molar-refractivity contribution >= 4 is 6.09 Å². The Balaban J connectivity index is 2.26. The normalized spacial score (nSPS) is 14.5. The molecule has 1 N–H and O–H groups in total. The van der Waals surface area contributed by atoms with Gasteiger partial charge in [0.25, 0.3) is 0 Å². The highest BCUT2D eigenvalue weighted by Gasteiger charge is 2.04. The van der Waals surface area contributed by atoms with E-state index in [1.54, 1.807) is 6.92 Å². The van der Waals surface area contributed by atoms with Crippen LogP contribution in [0.3, 0.4) is 0 Å². The second kappa shape index (κ2) is 3.81. The molecule has 0 bridgehead atoms. The Hall–Kier alpha value is -1.25. The van der Waals surface area contributed by atoms with Crippen LogP contribution >= 0.6 is 0 Å². The van der Waals surface area contributed by atoms with E-state index in [1.165, 1.54) is 0 Å². The van der Waals surface area contributed by atoms with E-state index in [4.69, 9.17) is 0 Å². The smallest absolute Gasteiger partial charge is 0.411 e. The Morgan fingerprint density at radius 3 is 3.18 bits per heavy atom. The predicted molar refractivity (Wildman–Crippen MR) is 42.0 cm³/mol. The Morgan fingerprint density at radius 2 is 2.64 bits per heavy atom. The van der Waals surface area contributed by atoms with Crippen LogP contribution in [-0.2, 0) is 4.74 Å². The minimum absolute atomic E-state index is 0.373. The second-order valence-corrected chi connectivity index (χ2v) is 2.17. The molecule has 0 fully saturated rings. The number of allylic oxidation sites excluding steroid dienone is 3. The van der Waals surface area contributed by atoms with Crippen LogP contribution in [-0.4, -0.2) is 12.7 Å². The van der Waals surface area contributed by atoms with Crippen molar-refractivity contribution in [2.75, 3.05) is 6.61 Å². The third-order valence-electron chi connectivity index (χ3n) is 1.31. The lowest BCUT2D eigenvalue weighted by molar-refractivity contribution is 0.155. The lowest BCUT2D eigenvalue weighted by Crippen LogP contribution is -2.22.